The maximum absolute atomic E-state index is 11.1. The normalized spacial score (nSPS) is 10.9. The van der Waals surface area contributed by atoms with Gasteiger partial charge in [0.15, 0.2) is 6.29 Å². The van der Waals surface area contributed by atoms with Crippen LogP contribution in [0.25, 0.3) is 11.5 Å². The zero-order valence-corrected chi connectivity index (χ0v) is 14.7. The highest BCUT2D eigenvalue weighted by atomic mass is 16.5. The third-order valence-corrected chi connectivity index (χ3v) is 4.13. The first-order chi connectivity index (χ1) is 12.1. The SMILES string of the molecule is Cc1oc(-c2ccc(C(C)C)cc2)nc1COc1ccccc1C=O. The summed E-state index contributed by atoms with van der Waals surface area (Å²) in [6.07, 6.45) is 0.784. The molecule has 0 saturated heterocycles. The molecule has 128 valence electrons. The van der Waals surface area contributed by atoms with Crippen LogP contribution in [0.1, 0.15) is 47.1 Å². The molecule has 3 rings (SSSR count). The van der Waals surface area contributed by atoms with E-state index in [2.05, 4.69) is 31.0 Å². The van der Waals surface area contributed by atoms with Gasteiger partial charge >= 0.3 is 0 Å². The Morgan fingerprint density at radius 1 is 1.12 bits per heavy atom. The first-order valence-electron chi connectivity index (χ1n) is 8.32. The van der Waals surface area contributed by atoms with Crippen molar-refractivity contribution in [3.05, 3.63) is 71.1 Å². The lowest BCUT2D eigenvalue weighted by atomic mass is 10.0. The van der Waals surface area contributed by atoms with Gasteiger partial charge in [0, 0.05) is 5.56 Å². The van der Waals surface area contributed by atoms with Crippen LogP contribution in [0.2, 0.25) is 0 Å². The predicted molar refractivity (Wildman–Crippen MR) is 96.9 cm³/mol. The number of aldehydes is 1. The second kappa shape index (κ2) is 7.34. The lowest BCUT2D eigenvalue weighted by Gasteiger charge is -2.06. The maximum atomic E-state index is 11.1. The molecule has 0 amide bonds. The summed E-state index contributed by atoms with van der Waals surface area (Å²) in [5.41, 5.74) is 3.46. The summed E-state index contributed by atoms with van der Waals surface area (Å²) in [5.74, 6) is 2.33. The highest BCUT2D eigenvalue weighted by Crippen LogP contribution is 2.25. The van der Waals surface area contributed by atoms with E-state index in [1.54, 1.807) is 18.2 Å². The van der Waals surface area contributed by atoms with Gasteiger partial charge in [-0.2, -0.15) is 0 Å². The molecular weight excluding hydrogens is 314 g/mol. The van der Waals surface area contributed by atoms with Crippen LogP contribution in [-0.4, -0.2) is 11.3 Å². The maximum Gasteiger partial charge on any atom is 0.226 e. The molecule has 0 atom stereocenters. The molecular formula is C21H21NO3. The molecule has 1 aromatic heterocycles. The van der Waals surface area contributed by atoms with Gasteiger partial charge < -0.3 is 9.15 Å². The Labute approximate surface area is 147 Å². The van der Waals surface area contributed by atoms with E-state index in [-0.39, 0.29) is 6.61 Å². The van der Waals surface area contributed by atoms with Crippen molar-refractivity contribution in [3.8, 4) is 17.2 Å². The molecule has 0 spiro atoms. The number of ether oxygens (including phenoxy) is 1. The van der Waals surface area contributed by atoms with Gasteiger partial charge in [-0.1, -0.05) is 38.1 Å². The molecule has 0 bridgehead atoms. The van der Waals surface area contributed by atoms with E-state index in [0.29, 0.717) is 28.9 Å². The number of hydrogen-bond acceptors (Lipinski definition) is 4. The summed E-state index contributed by atoms with van der Waals surface area (Å²) >= 11 is 0. The fourth-order valence-electron chi connectivity index (χ4n) is 2.55. The minimum atomic E-state index is 0.254. The van der Waals surface area contributed by atoms with E-state index in [9.17, 15) is 4.79 Å². The molecule has 0 aliphatic carbocycles. The average Bonchev–Trinajstić information content (AvgIpc) is 3.01. The van der Waals surface area contributed by atoms with Crippen molar-refractivity contribution in [1.82, 2.24) is 4.98 Å². The van der Waals surface area contributed by atoms with E-state index in [4.69, 9.17) is 9.15 Å². The van der Waals surface area contributed by atoms with Crippen molar-refractivity contribution in [2.75, 3.05) is 0 Å². The Bertz CT molecular complexity index is 863. The smallest absolute Gasteiger partial charge is 0.226 e. The van der Waals surface area contributed by atoms with Gasteiger partial charge in [0.05, 0.1) is 5.56 Å². The number of para-hydroxylation sites is 1. The first-order valence-corrected chi connectivity index (χ1v) is 8.32. The Hall–Kier alpha value is -2.88. The fraction of sp³-hybridized carbons (Fsp3) is 0.238. The quantitative estimate of drug-likeness (QED) is 0.584. The third kappa shape index (κ3) is 3.79. The van der Waals surface area contributed by atoms with E-state index < -0.39 is 0 Å². The molecule has 4 heteroatoms. The van der Waals surface area contributed by atoms with Crippen molar-refractivity contribution in [2.24, 2.45) is 0 Å². The molecule has 25 heavy (non-hydrogen) atoms. The molecule has 0 unspecified atom stereocenters. The van der Waals surface area contributed by atoms with Gasteiger partial charge in [-0.15, -0.1) is 0 Å². The molecule has 0 fully saturated rings. The van der Waals surface area contributed by atoms with Crippen molar-refractivity contribution in [1.29, 1.82) is 0 Å². The number of nitrogens with zero attached hydrogens (tertiary/aromatic N) is 1. The van der Waals surface area contributed by atoms with Gasteiger partial charge in [0.1, 0.15) is 23.8 Å². The Morgan fingerprint density at radius 2 is 1.84 bits per heavy atom. The number of aryl methyl sites for hydroxylation is 1. The standard InChI is InChI=1S/C21H21NO3/c1-14(2)16-8-10-17(11-9-16)21-22-19(15(3)25-21)13-24-20-7-5-4-6-18(20)12-23/h4-12,14H,13H2,1-3H3. The Balaban J connectivity index is 1.77. The van der Waals surface area contributed by atoms with Gasteiger partial charge in [0.25, 0.3) is 0 Å². The van der Waals surface area contributed by atoms with Crippen molar-refractivity contribution in [2.45, 2.75) is 33.3 Å². The van der Waals surface area contributed by atoms with E-state index in [1.807, 2.05) is 25.1 Å². The molecule has 3 aromatic rings. The Kier molecular flexibility index (Phi) is 4.98. The van der Waals surface area contributed by atoms with Crippen LogP contribution in [0.3, 0.4) is 0 Å². The summed E-state index contributed by atoms with van der Waals surface area (Å²) in [6.45, 7) is 6.45. The molecule has 0 aliphatic rings. The molecule has 0 saturated carbocycles. The number of rotatable bonds is 6. The topological polar surface area (TPSA) is 52.3 Å². The summed E-state index contributed by atoms with van der Waals surface area (Å²) in [5, 5.41) is 0. The zero-order chi connectivity index (χ0) is 17.8. The van der Waals surface area contributed by atoms with Crippen LogP contribution in [0.15, 0.2) is 52.9 Å². The minimum absolute atomic E-state index is 0.254. The third-order valence-electron chi connectivity index (χ3n) is 4.13. The van der Waals surface area contributed by atoms with E-state index in [1.165, 1.54) is 5.56 Å². The van der Waals surface area contributed by atoms with Gasteiger partial charge in [-0.05, 0) is 42.7 Å². The molecule has 2 aromatic carbocycles. The minimum Gasteiger partial charge on any atom is -0.486 e. The number of carbonyl (C=O) groups is 1. The lowest BCUT2D eigenvalue weighted by molar-refractivity contribution is 0.111. The molecule has 0 radical (unpaired) electrons. The summed E-state index contributed by atoms with van der Waals surface area (Å²) in [6, 6.07) is 15.4. The molecule has 4 nitrogen and oxygen atoms in total. The van der Waals surface area contributed by atoms with Crippen LogP contribution in [0.4, 0.5) is 0 Å². The van der Waals surface area contributed by atoms with Crippen LogP contribution >= 0.6 is 0 Å². The Morgan fingerprint density at radius 3 is 2.52 bits per heavy atom. The van der Waals surface area contributed by atoms with Crippen LogP contribution in [-0.2, 0) is 6.61 Å². The summed E-state index contributed by atoms with van der Waals surface area (Å²) < 4.78 is 11.5. The summed E-state index contributed by atoms with van der Waals surface area (Å²) in [4.78, 5) is 15.6. The van der Waals surface area contributed by atoms with Crippen LogP contribution in [0, 0.1) is 6.92 Å². The second-order valence-corrected chi connectivity index (χ2v) is 6.24. The largest absolute Gasteiger partial charge is 0.486 e. The number of oxazole rings is 1. The molecule has 0 N–H and O–H groups in total. The molecule has 1 heterocycles. The highest BCUT2D eigenvalue weighted by molar-refractivity contribution is 5.79. The number of hydrogen-bond donors (Lipinski definition) is 0. The zero-order valence-electron chi connectivity index (χ0n) is 14.7. The second-order valence-electron chi connectivity index (χ2n) is 6.24. The highest BCUT2D eigenvalue weighted by Gasteiger charge is 2.13. The lowest BCUT2D eigenvalue weighted by Crippen LogP contribution is -1.99. The van der Waals surface area contributed by atoms with Gasteiger partial charge in [-0.3, -0.25) is 4.79 Å². The molecule has 0 aliphatic heterocycles. The fourth-order valence-corrected chi connectivity index (χ4v) is 2.55. The van der Waals surface area contributed by atoms with Crippen LogP contribution < -0.4 is 4.74 Å². The van der Waals surface area contributed by atoms with Crippen molar-refractivity contribution >= 4 is 6.29 Å². The van der Waals surface area contributed by atoms with Crippen molar-refractivity contribution < 1.29 is 13.9 Å². The van der Waals surface area contributed by atoms with Crippen molar-refractivity contribution in [3.63, 3.8) is 0 Å². The summed E-state index contributed by atoms with van der Waals surface area (Å²) in [7, 11) is 0. The monoisotopic (exact) mass is 335 g/mol. The predicted octanol–water partition coefficient (Wildman–Crippen LogP) is 5.16. The van der Waals surface area contributed by atoms with E-state index >= 15 is 0 Å². The van der Waals surface area contributed by atoms with Gasteiger partial charge in [0.2, 0.25) is 5.89 Å². The van der Waals surface area contributed by atoms with Crippen LogP contribution in [0.5, 0.6) is 5.75 Å². The van der Waals surface area contributed by atoms with E-state index in [0.717, 1.165) is 17.5 Å². The number of carbonyl (C=O) groups excluding carboxylic acids is 1. The van der Waals surface area contributed by atoms with Gasteiger partial charge in [-0.25, -0.2) is 4.98 Å². The number of benzene rings is 2. The average molecular weight is 335 g/mol. The first kappa shape index (κ1) is 17.0. The number of aromatic nitrogens is 1.